The van der Waals surface area contributed by atoms with E-state index in [1.54, 1.807) is 44.0 Å². The van der Waals surface area contributed by atoms with Crippen molar-refractivity contribution in [3.05, 3.63) is 24.4 Å². The van der Waals surface area contributed by atoms with E-state index in [-0.39, 0.29) is 16.4 Å². The summed E-state index contributed by atoms with van der Waals surface area (Å²) in [4.78, 5) is 21.9. The van der Waals surface area contributed by atoms with Crippen LogP contribution in [-0.2, 0) is 14.8 Å². The van der Waals surface area contributed by atoms with Crippen LogP contribution in [0.2, 0.25) is 0 Å². The van der Waals surface area contributed by atoms with E-state index in [0.717, 1.165) is 49.0 Å². The van der Waals surface area contributed by atoms with Crippen molar-refractivity contribution in [1.29, 1.82) is 0 Å². The summed E-state index contributed by atoms with van der Waals surface area (Å²) in [6.07, 6.45) is 3.44. The first-order valence-corrected chi connectivity index (χ1v) is 14.5. The predicted molar refractivity (Wildman–Crippen MR) is 144 cm³/mol. The van der Waals surface area contributed by atoms with Gasteiger partial charge in [0.2, 0.25) is 10.0 Å². The monoisotopic (exact) mass is 535 g/mol. The van der Waals surface area contributed by atoms with Crippen LogP contribution in [0.1, 0.15) is 54.4 Å². The van der Waals surface area contributed by atoms with E-state index >= 15 is 0 Å². The summed E-state index contributed by atoms with van der Waals surface area (Å²) in [5.41, 5.74) is 5.96. The lowest BCUT2D eigenvalue weighted by Crippen LogP contribution is -2.62. The van der Waals surface area contributed by atoms with Gasteiger partial charge in [-0.3, -0.25) is 0 Å². The summed E-state index contributed by atoms with van der Waals surface area (Å²) in [5, 5.41) is 0.868. The molecule has 0 saturated carbocycles. The summed E-state index contributed by atoms with van der Waals surface area (Å²) in [7, 11) is -3.78. The molecule has 0 bridgehead atoms. The molecule has 198 valence electrons. The maximum Gasteiger partial charge on any atom is 0.410 e. The van der Waals surface area contributed by atoms with Gasteiger partial charge >= 0.3 is 6.09 Å². The van der Waals surface area contributed by atoms with Crippen molar-refractivity contribution < 1.29 is 17.9 Å². The number of nitrogen functional groups attached to an aromatic ring is 1. The number of amides is 1. The molecule has 1 spiro atoms. The number of hydrogen-bond donors (Lipinski definition) is 2. The minimum Gasteiger partial charge on any atom is -0.444 e. The lowest BCUT2D eigenvalue weighted by Gasteiger charge is -2.53. The molecule has 3 N–H and O–H groups in total. The van der Waals surface area contributed by atoms with Crippen LogP contribution in [0.5, 0.6) is 0 Å². The van der Waals surface area contributed by atoms with Crippen LogP contribution in [0.25, 0.3) is 10.4 Å². The first-order valence-electron chi connectivity index (χ1n) is 12.2. The van der Waals surface area contributed by atoms with Crippen LogP contribution in [0.15, 0.2) is 29.3 Å². The lowest BCUT2D eigenvalue weighted by molar-refractivity contribution is -0.0434. The molecule has 2 aliphatic rings. The average molecular weight is 536 g/mol. The predicted octanol–water partition coefficient (Wildman–Crippen LogP) is 4.31. The van der Waals surface area contributed by atoms with Gasteiger partial charge < -0.3 is 20.3 Å². The molecule has 2 saturated heterocycles. The molecule has 0 atom stereocenters. The first kappa shape index (κ1) is 26.7. The van der Waals surface area contributed by atoms with Crippen molar-refractivity contribution in [2.75, 3.05) is 36.8 Å². The van der Waals surface area contributed by atoms with Gasteiger partial charge in [0.05, 0.1) is 9.77 Å². The number of nitrogens with two attached hydrogens (primary N) is 1. The number of carbonyl (C=O) groups excluding carboxylic acids is 1. The second-order valence-corrected chi connectivity index (χ2v) is 14.6. The van der Waals surface area contributed by atoms with Gasteiger partial charge in [0.25, 0.3) is 0 Å². The van der Waals surface area contributed by atoms with Crippen LogP contribution in [-0.4, -0.2) is 61.7 Å². The number of ether oxygens (including phenoxy) is 1. The Labute approximate surface area is 218 Å². The van der Waals surface area contributed by atoms with E-state index in [1.807, 2.05) is 20.8 Å². The number of piperidine rings is 1. The fourth-order valence-electron chi connectivity index (χ4n) is 4.67. The van der Waals surface area contributed by atoms with E-state index in [4.69, 9.17) is 10.5 Å². The molecule has 1 aromatic heterocycles. The standard InChI is InChI=1S/C25H37N5O4S2/c1-23(2,3)28-36(32,33)20-13-17(26)7-8-18(20)19-14-27-21(35-19)29-11-9-25(10-12-29)15-30(16-25)22(31)34-24(4,5)6/h7-8,13-14,28H,9-12,15-16,26H2,1-6H3. The Hall–Kier alpha value is -2.37. The number of benzene rings is 1. The molecule has 0 radical (unpaired) electrons. The molecule has 1 amide bonds. The van der Waals surface area contributed by atoms with Gasteiger partial charge in [-0.1, -0.05) is 17.4 Å². The number of rotatable bonds is 4. The molecule has 9 nitrogen and oxygen atoms in total. The summed E-state index contributed by atoms with van der Waals surface area (Å²) in [5.74, 6) is 0. The zero-order valence-corrected chi connectivity index (χ0v) is 23.6. The molecule has 11 heteroatoms. The van der Waals surface area contributed by atoms with Crippen molar-refractivity contribution in [1.82, 2.24) is 14.6 Å². The van der Waals surface area contributed by atoms with Crippen LogP contribution in [0, 0.1) is 5.41 Å². The van der Waals surface area contributed by atoms with Gasteiger partial charge in [0, 0.05) is 54.6 Å². The number of likely N-dealkylation sites (tertiary alicyclic amines) is 1. The van der Waals surface area contributed by atoms with E-state index in [1.165, 1.54) is 17.4 Å². The smallest absolute Gasteiger partial charge is 0.410 e. The van der Waals surface area contributed by atoms with Gasteiger partial charge in [0.15, 0.2) is 5.13 Å². The highest BCUT2D eigenvalue weighted by Gasteiger charge is 2.48. The summed E-state index contributed by atoms with van der Waals surface area (Å²) in [6.45, 7) is 14.2. The Bertz CT molecular complexity index is 1230. The summed E-state index contributed by atoms with van der Waals surface area (Å²) < 4.78 is 34.5. The molecule has 1 aromatic carbocycles. The third kappa shape index (κ3) is 5.95. The minimum absolute atomic E-state index is 0.143. The molecule has 36 heavy (non-hydrogen) atoms. The van der Waals surface area contributed by atoms with Crippen molar-refractivity contribution in [3.63, 3.8) is 0 Å². The Balaban J connectivity index is 1.44. The van der Waals surface area contributed by atoms with Gasteiger partial charge in [-0.15, -0.1) is 0 Å². The van der Waals surface area contributed by atoms with Gasteiger partial charge in [-0.2, -0.15) is 0 Å². The average Bonchev–Trinajstić information content (AvgIpc) is 3.19. The van der Waals surface area contributed by atoms with Crippen LogP contribution in [0.4, 0.5) is 15.6 Å². The maximum atomic E-state index is 13.1. The van der Waals surface area contributed by atoms with E-state index in [0.29, 0.717) is 11.3 Å². The molecule has 2 aromatic rings. The highest BCUT2D eigenvalue weighted by atomic mass is 32.2. The second kappa shape index (κ2) is 9.18. The number of anilines is 2. The zero-order chi connectivity index (χ0) is 26.5. The Kier molecular flexibility index (Phi) is 6.81. The van der Waals surface area contributed by atoms with E-state index in [9.17, 15) is 13.2 Å². The van der Waals surface area contributed by atoms with E-state index in [2.05, 4.69) is 14.6 Å². The lowest BCUT2D eigenvalue weighted by atomic mass is 9.72. The quantitative estimate of drug-likeness (QED) is 0.560. The number of sulfonamides is 1. The third-order valence-electron chi connectivity index (χ3n) is 6.29. The topological polar surface area (TPSA) is 118 Å². The van der Waals surface area contributed by atoms with Crippen molar-refractivity contribution in [2.24, 2.45) is 5.41 Å². The SMILES string of the molecule is CC(C)(C)NS(=O)(=O)c1cc(N)ccc1-c1cnc(N2CCC3(CC2)CN(C(=O)OC(C)(C)C)C3)s1. The van der Waals surface area contributed by atoms with Gasteiger partial charge in [-0.05, 0) is 66.5 Å². The molecule has 4 rings (SSSR count). The highest BCUT2D eigenvalue weighted by Crippen LogP contribution is 2.43. The minimum atomic E-state index is -3.78. The van der Waals surface area contributed by atoms with Gasteiger partial charge in [0.1, 0.15) is 5.60 Å². The molecule has 3 heterocycles. The second-order valence-electron chi connectivity index (χ2n) is 11.9. The number of thiazole rings is 1. The summed E-state index contributed by atoms with van der Waals surface area (Å²) in [6, 6.07) is 4.96. The zero-order valence-electron chi connectivity index (χ0n) is 21.9. The fraction of sp³-hybridized carbons (Fsp3) is 0.600. The van der Waals surface area contributed by atoms with E-state index < -0.39 is 21.2 Å². The van der Waals surface area contributed by atoms with Crippen molar-refractivity contribution in [2.45, 2.75) is 70.4 Å². The van der Waals surface area contributed by atoms with Crippen molar-refractivity contribution in [3.8, 4) is 10.4 Å². The Morgan fingerprint density at radius 2 is 1.78 bits per heavy atom. The molecule has 2 aliphatic heterocycles. The van der Waals surface area contributed by atoms with Crippen molar-refractivity contribution >= 4 is 38.3 Å². The number of carbonyl (C=O) groups is 1. The molecule has 0 unspecified atom stereocenters. The molecular weight excluding hydrogens is 498 g/mol. The highest BCUT2D eigenvalue weighted by molar-refractivity contribution is 7.89. The Morgan fingerprint density at radius 1 is 1.14 bits per heavy atom. The Morgan fingerprint density at radius 3 is 2.36 bits per heavy atom. The third-order valence-corrected chi connectivity index (χ3v) is 9.18. The number of aromatic nitrogens is 1. The first-order chi connectivity index (χ1) is 16.6. The fourth-order valence-corrected chi connectivity index (χ4v) is 7.41. The number of nitrogens with zero attached hydrogens (tertiary/aromatic N) is 3. The van der Waals surface area contributed by atoms with Crippen LogP contribution >= 0.6 is 11.3 Å². The maximum absolute atomic E-state index is 13.1. The largest absolute Gasteiger partial charge is 0.444 e. The number of hydrogen-bond acceptors (Lipinski definition) is 8. The molecule has 0 aliphatic carbocycles. The molecule has 2 fully saturated rings. The molecular formula is C25H37N5O4S2. The van der Waals surface area contributed by atoms with Crippen LogP contribution < -0.4 is 15.4 Å². The normalized spacial score (nSPS) is 18.3. The summed E-state index contributed by atoms with van der Waals surface area (Å²) >= 11 is 1.48. The van der Waals surface area contributed by atoms with Gasteiger partial charge in [-0.25, -0.2) is 22.9 Å². The van der Waals surface area contributed by atoms with Crippen LogP contribution in [0.3, 0.4) is 0 Å². The number of nitrogens with one attached hydrogen (secondary N) is 1.